The summed E-state index contributed by atoms with van der Waals surface area (Å²) in [6.07, 6.45) is 6.09. The fraction of sp³-hybridized carbons (Fsp3) is 0.500. The SMILES string of the molecule is Cc1ncc(C2CCC2)cc1Br. The van der Waals surface area contributed by atoms with E-state index in [2.05, 4.69) is 27.0 Å². The van der Waals surface area contributed by atoms with E-state index in [4.69, 9.17) is 0 Å². The number of pyridine rings is 1. The van der Waals surface area contributed by atoms with Crippen LogP contribution in [0.4, 0.5) is 0 Å². The van der Waals surface area contributed by atoms with Gasteiger partial charge in [0.15, 0.2) is 0 Å². The van der Waals surface area contributed by atoms with E-state index in [1.165, 1.54) is 24.8 Å². The van der Waals surface area contributed by atoms with Gasteiger partial charge >= 0.3 is 0 Å². The molecule has 1 aromatic heterocycles. The van der Waals surface area contributed by atoms with Crippen LogP contribution in [0.5, 0.6) is 0 Å². The van der Waals surface area contributed by atoms with Gasteiger partial charge in [-0.1, -0.05) is 6.42 Å². The predicted molar refractivity (Wildman–Crippen MR) is 53.3 cm³/mol. The lowest BCUT2D eigenvalue weighted by Gasteiger charge is -2.25. The van der Waals surface area contributed by atoms with Crippen LogP contribution in [0.3, 0.4) is 0 Å². The Morgan fingerprint density at radius 2 is 2.25 bits per heavy atom. The van der Waals surface area contributed by atoms with E-state index in [9.17, 15) is 0 Å². The van der Waals surface area contributed by atoms with Crippen LogP contribution in [0, 0.1) is 6.92 Å². The summed E-state index contributed by atoms with van der Waals surface area (Å²) >= 11 is 3.51. The standard InChI is InChI=1S/C10H12BrN/c1-7-10(11)5-9(6-12-7)8-3-2-4-8/h5-6,8H,2-4H2,1H3. The molecule has 1 aliphatic rings. The van der Waals surface area contributed by atoms with Crippen molar-refractivity contribution in [3.05, 3.63) is 28.0 Å². The molecule has 1 heterocycles. The summed E-state index contributed by atoms with van der Waals surface area (Å²) in [4.78, 5) is 4.33. The van der Waals surface area contributed by atoms with Gasteiger partial charge in [0.2, 0.25) is 0 Å². The maximum atomic E-state index is 4.33. The lowest BCUT2D eigenvalue weighted by Crippen LogP contribution is -2.09. The number of hydrogen-bond acceptors (Lipinski definition) is 1. The minimum atomic E-state index is 0.786. The summed E-state index contributed by atoms with van der Waals surface area (Å²) in [5.41, 5.74) is 2.48. The Morgan fingerprint density at radius 3 is 2.75 bits per heavy atom. The Kier molecular flexibility index (Phi) is 2.18. The molecule has 2 rings (SSSR count). The first-order valence-corrected chi connectivity index (χ1v) is 5.18. The summed E-state index contributed by atoms with van der Waals surface area (Å²) < 4.78 is 1.15. The highest BCUT2D eigenvalue weighted by molar-refractivity contribution is 9.10. The Hall–Kier alpha value is -0.370. The van der Waals surface area contributed by atoms with E-state index in [0.717, 1.165) is 16.1 Å². The molecular formula is C10H12BrN. The van der Waals surface area contributed by atoms with E-state index < -0.39 is 0 Å². The normalized spacial score (nSPS) is 17.5. The van der Waals surface area contributed by atoms with Crippen LogP contribution >= 0.6 is 15.9 Å². The number of nitrogens with zero attached hydrogens (tertiary/aromatic N) is 1. The zero-order chi connectivity index (χ0) is 8.55. The molecule has 0 aliphatic heterocycles. The van der Waals surface area contributed by atoms with Crippen LogP contribution < -0.4 is 0 Å². The Balaban J connectivity index is 2.27. The molecule has 1 aliphatic carbocycles. The molecule has 0 saturated heterocycles. The number of hydrogen-bond donors (Lipinski definition) is 0. The molecule has 1 saturated carbocycles. The van der Waals surface area contributed by atoms with Gasteiger partial charge in [-0.05, 0) is 53.2 Å². The third-order valence-corrected chi connectivity index (χ3v) is 3.43. The van der Waals surface area contributed by atoms with Crippen LogP contribution in [0.25, 0.3) is 0 Å². The first-order valence-electron chi connectivity index (χ1n) is 4.39. The lowest BCUT2D eigenvalue weighted by molar-refractivity contribution is 0.418. The van der Waals surface area contributed by atoms with Crippen molar-refractivity contribution < 1.29 is 0 Å². The smallest absolute Gasteiger partial charge is 0.0514 e. The van der Waals surface area contributed by atoms with Crippen molar-refractivity contribution in [2.45, 2.75) is 32.1 Å². The Labute approximate surface area is 81.3 Å². The van der Waals surface area contributed by atoms with Crippen molar-refractivity contribution in [3.63, 3.8) is 0 Å². The number of rotatable bonds is 1. The summed E-state index contributed by atoms with van der Waals surface area (Å²) in [6.45, 7) is 2.02. The second-order valence-electron chi connectivity index (χ2n) is 3.46. The monoisotopic (exact) mass is 225 g/mol. The van der Waals surface area contributed by atoms with Crippen molar-refractivity contribution in [3.8, 4) is 0 Å². The van der Waals surface area contributed by atoms with Crippen molar-refractivity contribution in [2.24, 2.45) is 0 Å². The highest BCUT2D eigenvalue weighted by atomic mass is 79.9. The number of aryl methyl sites for hydroxylation is 1. The van der Waals surface area contributed by atoms with Gasteiger partial charge in [0.1, 0.15) is 0 Å². The molecule has 12 heavy (non-hydrogen) atoms. The fourth-order valence-electron chi connectivity index (χ4n) is 1.49. The summed E-state index contributed by atoms with van der Waals surface area (Å²) in [6, 6.07) is 2.21. The summed E-state index contributed by atoms with van der Waals surface area (Å²) in [5.74, 6) is 0.786. The Morgan fingerprint density at radius 1 is 1.50 bits per heavy atom. The molecule has 0 bridgehead atoms. The molecule has 0 aromatic carbocycles. The largest absolute Gasteiger partial charge is 0.260 e. The van der Waals surface area contributed by atoms with Gasteiger partial charge in [0.25, 0.3) is 0 Å². The Bertz CT molecular complexity index is 292. The zero-order valence-electron chi connectivity index (χ0n) is 7.18. The minimum absolute atomic E-state index is 0.786. The molecule has 0 atom stereocenters. The molecule has 0 N–H and O–H groups in total. The fourth-order valence-corrected chi connectivity index (χ4v) is 1.85. The van der Waals surface area contributed by atoms with Crippen LogP contribution in [-0.2, 0) is 0 Å². The summed E-state index contributed by atoms with van der Waals surface area (Å²) in [5, 5.41) is 0. The average molecular weight is 226 g/mol. The van der Waals surface area contributed by atoms with E-state index >= 15 is 0 Å². The molecule has 2 heteroatoms. The van der Waals surface area contributed by atoms with Crippen molar-refractivity contribution >= 4 is 15.9 Å². The number of aromatic nitrogens is 1. The van der Waals surface area contributed by atoms with Gasteiger partial charge in [-0.3, -0.25) is 4.98 Å². The minimum Gasteiger partial charge on any atom is -0.260 e. The predicted octanol–water partition coefficient (Wildman–Crippen LogP) is 3.42. The molecule has 0 spiro atoms. The van der Waals surface area contributed by atoms with Gasteiger partial charge in [0, 0.05) is 10.7 Å². The van der Waals surface area contributed by atoms with E-state index in [-0.39, 0.29) is 0 Å². The molecule has 1 nitrogen and oxygen atoms in total. The van der Waals surface area contributed by atoms with E-state index in [0.29, 0.717) is 0 Å². The second-order valence-corrected chi connectivity index (χ2v) is 4.32. The van der Waals surface area contributed by atoms with Crippen molar-refractivity contribution in [1.82, 2.24) is 4.98 Å². The van der Waals surface area contributed by atoms with Crippen molar-refractivity contribution in [2.75, 3.05) is 0 Å². The first-order chi connectivity index (χ1) is 5.77. The summed E-state index contributed by atoms with van der Waals surface area (Å²) in [7, 11) is 0. The molecular weight excluding hydrogens is 214 g/mol. The molecule has 0 radical (unpaired) electrons. The maximum absolute atomic E-state index is 4.33. The number of halogens is 1. The third kappa shape index (κ3) is 1.40. The quantitative estimate of drug-likeness (QED) is 0.714. The third-order valence-electron chi connectivity index (χ3n) is 2.62. The molecule has 64 valence electrons. The van der Waals surface area contributed by atoms with Gasteiger partial charge in [-0.25, -0.2) is 0 Å². The molecule has 0 amide bonds. The van der Waals surface area contributed by atoms with Gasteiger partial charge in [-0.2, -0.15) is 0 Å². The molecule has 1 aromatic rings. The second kappa shape index (κ2) is 3.17. The van der Waals surface area contributed by atoms with Crippen LogP contribution in [0.1, 0.15) is 36.4 Å². The van der Waals surface area contributed by atoms with Crippen LogP contribution in [0.2, 0.25) is 0 Å². The van der Waals surface area contributed by atoms with E-state index in [1.54, 1.807) is 0 Å². The lowest BCUT2D eigenvalue weighted by atomic mass is 9.81. The van der Waals surface area contributed by atoms with Crippen LogP contribution in [0.15, 0.2) is 16.7 Å². The highest BCUT2D eigenvalue weighted by Crippen LogP contribution is 2.36. The zero-order valence-corrected chi connectivity index (χ0v) is 8.76. The first kappa shape index (κ1) is 8.24. The van der Waals surface area contributed by atoms with Gasteiger partial charge in [0.05, 0.1) is 5.69 Å². The van der Waals surface area contributed by atoms with Gasteiger partial charge < -0.3 is 0 Å². The van der Waals surface area contributed by atoms with E-state index in [1.807, 2.05) is 13.1 Å². The molecule has 0 unspecified atom stereocenters. The van der Waals surface area contributed by atoms with Crippen LogP contribution in [-0.4, -0.2) is 4.98 Å². The maximum Gasteiger partial charge on any atom is 0.0514 e. The topological polar surface area (TPSA) is 12.9 Å². The highest BCUT2D eigenvalue weighted by Gasteiger charge is 2.19. The van der Waals surface area contributed by atoms with Gasteiger partial charge in [-0.15, -0.1) is 0 Å². The van der Waals surface area contributed by atoms with Crippen molar-refractivity contribution in [1.29, 1.82) is 0 Å². The average Bonchev–Trinajstić information content (AvgIpc) is 1.93. The molecule has 1 fully saturated rings.